The number of hydrogen-bond acceptors (Lipinski definition) is 3. The van der Waals surface area contributed by atoms with Crippen molar-refractivity contribution in [1.29, 1.82) is 0 Å². The highest BCUT2D eigenvalue weighted by Gasteiger charge is 2.08. The van der Waals surface area contributed by atoms with Crippen molar-refractivity contribution in [1.82, 2.24) is 4.98 Å². The fourth-order valence-corrected chi connectivity index (χ4v) is 2.33. The van der Waals surface area contributed by atoms with Crippen LogP contribution in [0.5, 0.6) is 0 Å². The molecule has 104 valence electrons. The normalized spacial score (nSPS) is 10.6. The quantitative estimate of drug-likeness (QED) is 0.692. The molecule has 1 aromatic heterocycles. The van der Waals surface area contributed by atoms with Gasteiger partial charge in [-0.2, -0.15) is 0 Å². The number of rotatable bonds is 2. The van der Waals surface area contributed by atoms with Gasteiger partial charge < -0.3 is 4.42 Å². The summed E-state index contributed by atoms with van der Waals surface area (Å²) in [7, 11) is 0. The third kappa shape index (κ3) is 3.11. The van der Waals surface area contributed by atoms with E-state index in [1.807, 2.05) is 55.5 Å². The molecule has 0 fully saturated rings. The zero-order chi connectivity index (χ0) is 14.8. The molecule has 1 heterocycles. The number of benzene rings is 2. The minimum Gasteiger partial charge on any atom is -0.404 e. The van der Waals surface area contributed by atoms with E-state index in [2.05, 4.69) is 20.9 Å². The highest BCUT2D eigenvalue weighted by molar-refractivity contribution is 9.10. The maximum Gasteiger partial charge on any atom is 0.339 e. The van der Waals surface area contributed by atoms with E-state index in [0.717, 1.165) is 21.2 Å². The maximum atomic E-state index is 11.8. The average Bonchev–Trinajstić information content (AvgIpc) is 2.47. The minimum atomic E-state index is -0.403. The molecule has 0 N–H and O–H groups in total. The summed E-state index contributed by atoms with van der Waals surface area (Å²) >= 11 is 3.38. The van der Waals surface area contributed by atoms with Crippen LogP contribution in [-0.2, 0) is 0 Å². The molecule has 0 radical (unpaired) electrons. The van der Waals surface area contributed by atoms with E-state index in [9.17, 15) is 4.79 Å². The Morgan fingerprint density at radius 1 is 1.00 bits per heavy atom. The van der Waals surface area contributed by atoms with Crippen molar-refractivity contribution >= 4 is 15.9 Å². The molecule has 2 aromatic carbocycles. The fraction of sp³-hybridized carbons (Fsp3) is 0.0588. The van der Waals surface area contributed by atoms with Crippen LogP contribution >= 0.6 is 15.9 Å². The second-order valence-corrected chi connectivity index (χ2v) is 5.66. The molecule has 0 atom stereocenters. The predicted octanol–water partition coefficient (Wildman–Crippen LogP) is 4.44. The largest absolute Gasteiger partial charge is 0.404 e. The summed E-state index contributed by atoms with van der Waals surface area (Å²) < 4.78 is 6.18. The first kappa shape index (κ1) is 13.8. The molecule has 3 nitrogen and oxygen atoms in total. The molecule has 0 spiro atoms. The molecular weight excluding hydrogens is 330 g/mol. The highest BCUT2D eigenvalue weighted by Crippen LogP contribution is 2.23. The Balaban J connectivity index is 2.12. The van der Waals surface area contributed by atoms with Gasteiger partial charge in [-0.25, -0.2) is 9.78 Å². The molecule has 0 aliphatic rings. The SMILES string of the molecule is Cc1cccc(-c2cc(=O)oc(-c3ccc(Br)cc3)n2)c1. The van der Waals surface area contributed by atoms with Gasteiger partial charge in [0, 0.05) is 15.6 Å². The third-order valence-corrected chi connectivity index (χ3v) is 3.61. The van der Waals surface area contributed by atoms with Gasteiger partial charge in [-0.1, -0.05) is 39.7 Å². The van der Waals surface area contributed by atoms with Crippen molar-refractivity contribution < 1.29 is 4.42 Å². The zero-order valence-electron chi connectivity index (χ0n) is 11.3. The van der Waals surface area contributed by atoms with Gasteiger partial charge in [-0.15, -0.1) is 0 Å². The minimum absolute atomic E-state index is 0.325. The lowest BCUT2D eigenvalue weighted by Gasteiger charge is -2.04. The molecule has 21 heavy (non-hydrogen) atoms. The van der Waals surface area contributed by atoms with Crippen molar-refractivity contribution in [2.24, 2.45) is 0 Å². The van der Waals surface area contributed by atoms with E-state index in [0.29, 0.717) is 11.6 Å². The molecule has 0 aliphatic carbocycles. The van der Waals surface area contributed by atoms with Crippen LogP contribution < -0.4 is 5.63 Å². The number of nitrogens with zero attached hydrogens (tertiary/aromatic N) is 1. The van der Waals surface area contributed by atoms with E-state index >= 15 is 0 Å². The molecule has 3 aromatic rings. The summed E-state index contributed by atoms with van der Waals surface area (Å²) in [6, 6.07) is 16.8. The Kier molecular flexibility index (Phi) is 3.71. The first-order valence-corrected chi connectivity index (χ1v) is 7.26. The van der Waals surface area contributed by atoms with Crippen LogP contribution in [0.4, 0.5) is 0 Å². The van der Waals surface area contributed by atoms with Gasteiger partial charge in [0.05, 0.1) is 11.8 Å². The van der Waals surface area contributed by atoms with Crippen LogP contribution in [0.15, 0.2) is 68.3 Å². The monoisotopic (exact) mass is 341 g/mol. The van der Waals surface area contributed by atoms with E-state index in [1.165, 1.54) is 6.07 Å². The van der Waals surface area contributed by atoms with Gasteiger partial charge in [0.15, 0.2) is 0 Å². The van der Waals surface area contributed by atoms with Gasteiger partial charge in [0.1, 0.15) is 0 Å². The molecule has 0 amide bonds. The number of halogens is 1. The van der Waals surface area contributed by atoms with E-state index in [-0.39, 0.29) is 0 Å². The molecule has 4 heteroatoms. The predicted molar refractivity (Wildman–Crippen MR) is 86.1 cm³/mol. The molecular formula is C17H12BrNO2. The van der Waals surface area contributed by atoms with Crippen LogP contribution in [0.2, 0.25) is 0 Å². The van der Waals surface area contributed by atoms with Crippen molar-refractivity contribution in [3.8, 4) is 22.7 Å². The van der Waals surface area contributed by atoms with Gasteiger partial charge in [-0.05, 0) is 37.3 Å². The lowest BCUT2D eigenvalue weighted by Crippen LogP contribution is -2.02. The number of aryl methyl sites for hydroxylation is 1. The molecule has 0 aliphatic heterocycles. The number of aromatic nitrogens is 1. The van der Waals surface area contributed by atoms with Gasteiger partial charge in [-0.3, -0.25) is 0 Å². The van der Waals surface area contributed by atoms with Crippen LogP contribution in [0.3, 0.4) is 0 Å². The van der Waals surface area contributed by atoms with E-state index < -0.39 is 5.63 Å². The van der Waals surface area contributed by atoms with Crippen molar-refractivity contribution in [3.05, 3.63) is 75.1 Å². The van der Waals surface area contributed by atoms with Crippen molar-refractivity contribution in [2.45, 2.75) is 6.92 Å². The smallest absolute Gasteiger partial charge is 0.339 e. The standard InChI is InChI=1S/C17H12BrNO2/c1-11-3-2-4-13(9-11)15-10-16(20)21-17(19-15)12-5-7-14(18)8-6-12/h2-10H,1H3. The first-order valence-electron chi connectivity index (χ1n) is 6.47. The van der Waals surface area contributed by atoms with E-state index in [1.54, 1.807) is 0 Å². The Hall–Kier alpha value is -2.20. The van der Waals surface area contributed by atoms with Crippen molar-refractivity contribution in [2.75, 3.05) is 0 Å². The summed E-state index contributed by atoms with van der Waals surface area (Å²) in [6.45, 7) is 2.00. The maximum absolute atomic E-state index is 11.8. The summed E-state index contributed by atoms with van der Waals surface area (Å²) in [5, 5.41) is 0. The summed E-state index contributed by atoms with van der Waals surface area (Å²) in [4.78, 5) is 16.3. The van der Waals surface area contributed by atoms with Crippen molar-refractivity contribution in [3.63, 3.8) is 0 Å². The Morgan fingerprint density at radius 2 is 1.76 bits per heavy atom. The Labute approximate surface area is 130 Å². The Morgan fingerprint density at radius 3 is 2.48 bits per heavy atom. The van der Waals surface area contributed by atoms with Crippen LogP contribution in [0.25, 0.3) is 22.7 Å². The molecule has 0 saturated heterocycles. The highest BCUT2D eigenvalue weighted by atomic mass is 79.9. The summed E-state index contributed by atoms with van der Waals surface area (Å²) in [6.07, 6.45) is 0. The summed E-state index contributed by atoms with van der Waals surface area (Å²) in [5.74, 6) is 0.325. The number of hydrogen-bond donors (Lipinski definition) is 0. The average molecular weight is 342 g/mol. The summed E-state index contributed by atoms with van der Waals surface area (Å²) in [5.41, 5.74) is 3.01. The van der Waals surface area contributed by atoms with Crippen LogP contribution in [0, 0.1) is 6.92 Å². The van der Waals surface area contributed by atoms with Gasteiger partial charge in [0.25, 0.3) is 0 Å². The lowest BCUT2D eigenvalue weighted by molar-refractivity contribution is 0.508. The van der Waals surface area contributed by atoms with E-state index in [4.69, 9.17) is 4.42 Å². The molecule has 0 unspecified atom stereocenters. The molecule has 3 rings (SSSR count). The first-order chi connectivity index (χ1) is 10.1. The topological polar surface area (TPSA) is 43.1 Å². The second kappa shape index (κ2) is 5.66. The molecule has 0 bridgehead atoms. The van der Waals surface area contributed by atoms with Gasteiger partial charge >= 0.3 is 5.63 Å². The van der Waals surface area contributed by atoms with Gasteiger partial charge in [0.2, 0.25) is 5.89 Å². The lowest BCUT2D eigenvalue weighted by atomic mass is 10.1. The van der Waals surface area contributed by atoms with Crippen LogP contribution in [0.1, 0.15) is 5.56 Å². The fourth-order valence-electron chi connectivity index (χ4n) is 2.07. The van der Waals surface area contributed by atoms with Crippen LogP contribution in [-0.4, -0.2) is 4.98 Å². The molecule has 0 saturated carbocycles. The second-order valence-electron chi connectivity index (χ2n) is 4.74. The Bertz CT molecular complexity index is 838. The third-order valence-electron chi connectivity index (χ3n) is 3.08. The zero-order valence-corrected chi connectivity index (χ0v) is 12.9.